The van der Waals surface area contributed by atoms with Gasteiger partial charge in [-0.2, -0.15) is 0 Å². The third-order valence-electron chi connectivity index (χ3n) is 2.87. The van der Waals surface area contributed by atoms with E-state index >= 15 is 0 Å². The first-order valence-electron chi connectivity index (χ1n) is 5.36. The van der Waals surface area contributed by atoms with Crippen molar-refractivity contribution in [2.24, 2.45) is 11.7 Å². The summed E-state index contributed by atoms with van der Waals surface area (Å²) in [5.41, 5.74) is 5.02. The van der Waals surface area contributed by atoms with E-state index in [9.17, 15) is 4.79 Å². The Kier molecular flexibility index (Phi) is 4.90. The van der Waals surface area contributed by atoms with E-state index in [1.807, 2.05) is 0 Å². The standard InChI is InChI=1S/C10H21N3O/c1-13-6-3-9(4-7-13)2-5-12-8-10(11)14/h9,12H,2-8H2,1H3,(H2,11,14). The van der Waals surface area contributed by atoms with Crippen molar-refractivity contribution >= 4 is 5.91 Å². The van der Waals surface area contributed by atoms with Gasteiger partial charge in [0.1, 0.15) is 0 Å². The maximum absolute atomic E-state index is 10.4. The normalized spacial score (nSPS) is 19.8. The number of piperidine rings is 1. The highest BCUT2D eigenvalue weighted by atomic mass is 16.1. The number of primary amides is 1. The lowest BCUT2D eigenvalue weighted by Gasteiger charge is -2.28. The minimum absolute atomic E-state index is 0.270. The van der Waals surface area contributed by atoms with Gasteiger partial charge >= 0.3 is 0 Å². The molecule has 82 valence electrons. The average Bonchev–Trinajstić information content (AvgIpc) is 2.15. The maximum Gasteiger partial charge on any atom is 0.231 e. The van der Waals surface area contributed by atoms with Gasteiger partial charge in [0, 0.05) is 0 Å². The van der Waals surface area contributed by atoms with Crippen LogP contribution in [-0.2, 0) is 4.79 Å². The lowest BCUT2D eigenvalue weighted by Crippen LogP contribution is -2.33. The number of carbonyl (C=O) groups is 1. The predicted molar refractivity (Wildman–Crippen MR) is 56.9 cm³/mol. The first-order valence-corrected chi connectivity index (χ1v) is 5.36. The van der Waals surface area contributed by atoms with E-state index < -0.39 is 0 Å². The van der Waals surface area contributed by atoms with Gasteiger partial charge in [-0.1, -0.05) is 0 Å². The summed E-state index contributed by atoms with van der Waals surface area (Å²) >= 11 is 0. The van der Waals surface area contributed by atoms with Crippen LogP contribution >= 0.6 is 0 Å². The zero-order valence-corrected chi connectivity index (χ0v) is 8.96. The highest BCUT2D eigenvalue weighted by Gasteiger charge is 2.15. The quantitative estimate of drug-likeness (QED) is 0.603. The van der Waals surface area contributed by atoms with Crippen LogP contribution in [0.3, 0.4) is 0 Å². The van der Waals surface area contributed by atoms with E-state index in [2.05, 4.69) is 17.3 Å². The first-order chi connectivity index (χ1) is 6.68. The smallest absolute Gasteiger partial charge is 0.231 e. The zero-order chi connectivity index (χ0) is 10.4. The van der Waals surface area contributed by atoms with Crippen molar-refractivity contribution in [3.8, 4) is 0 Å². The van der Waals surface area contributed by atoms with Gasteiger partial charge < -0.3 is 16.0 Å². The summed E-state index contributed by atoms with van der Waals surface area (Å²) in [5, 5.41) is 3.06. The lowest BCUT2D eigenvalue weighted by atomic mass is 9.94. The Labute approximate surface area is 85.8 Å². The molecule has 1 fully saturated rings. The van der Waals surface area contributed by atoms with Gasteiger partial charge in [0.15, 0.2) is 0 Å². The summed E-state index contributed by atoms with van der Waals surface area (Å²) in [4.78, 5) is 12.8. The summed E-state index contributed by atoms with van der Waals surface area (Å²) < 4.78 is 0. The first kappa shape index (κ1) is 11.5. The highest BCUT2D eigenvalue weighted by molar-refractivity contribution is 5.75. The van der Waals surface area contributed by atoms with Gasteiger partial charge in [-0.15, -0.1) is 0 Å². The van der Waals surface area contributed by atoms with E-state index in [4.69, 9.17) is 5.73 Å². The van der Waals surface area contributed by atoms with Gasteiger partial charge in [-0.05, 0) is 51.9 Å². The molecular weight excluding hydrogens is 178 g/mol. The maximum atomic E-state index is 10.4. The number of likely N-dealkylation sites (tertiary alicyclic amines) is 1. The Morgan fingerprint density at radius 2 is 2.14 bits per heavy atom. The zero-order valence-electron chi connectivity index (χ0n) is 8.96. The van der Waals surface area contributed by atoms with Crippen LogP contribution in [0.4, 0.5) is 0 Å². The molecule has 4 nitrogen and oxygen atoms in total. The van der Waals surface area contributed by atoms with E-state index in [-0.39, 0.29) is 5.91 Å². The van der Waals surface area contributed by atoms with Crippen molar-refractivity contribution in [1.29, 1.82) is 0 Å². The molecule has 0 saturated carbocycles. The topological polar surface area (TPSA) is 58.4 Å². The molecule has 1 heterocycles. The molecule has 0 atom stereocenters. The van der Waals surface area contributed by atoms with E-state index in [0.29, 0.717) is 6.54 Å². The van der Waals surface area contributed by atoms with Gasteiger partial charge in [0.05, 0.1) is 6.54 Å². The molecule has 14 heavy (non-hydrogen) atoms. The molecule has 0 spiro atoms. The third-order valence-corrected chi connectivity index (χ3v) is 2.87. The lowest BCUT2D eigenvalue weighted by molar-refractivity contribution is -0.117. The summed E-state index contributed by atoms with van der Waals surface area (Å²) in [6, 6.07) is 0. The molecule has 1 aliphatic rings. The van der Waals surface area contributed by atoms with E-state index in [0.717, 1.165) is 12.5 Å². The molecular formula is C10H21N3O. The molecule has 0 aromatic rings. The number of nitrogens with zero attached hydrogens (tertiary/aromatic N) is 1. The van der Waals surface area contributed by atoms with Crippen molar-refractivity contribution in [2.75, 3.05) is 33.2 Å². The summed E-state index contributed by atoms with van der Waals surface area (Å²) in [6.07, 6.45) is 3.74. The Hall–Kier alpha value is -0.610. The fourth-order valence-electron chi connectivity index (χ4n) is 1.87. The average molecular weight is 199 g/mol. The monoisotopic (exact) mass is 199 g/mol. The number of rotatable bonds is 5. The summed E-state index contributed by atoms with van der Waals surface area (Å²) in [6.45, 7) is 3.64. The van der Waals surface area contributed by atoms with Crippen molar-refractivity contribution in [2.45, 2.75) is 19.3 Å². The second-order valence-corrected chi connectivity index (χ2v) is 4.18. The largest absolute Gasteiger partial charge is 0.369 e. The molecule has 0 aromatic heterocycles. The fourth-order valence-corrected chi connectivity index (χ4v) is 1.87. The van der Waals surface area contributed by atoms with Crippen LogP contribution in [0.1, 0.15) is 19.3 Å². The van der Waals surface area contributed by atoms with Gasteiger partial charge in [0.2, 0.25) is 5.91 Å². The van der Waals surface area contributed by atoms with Crippen LogP contribution in [0.15, 0.2) is 0 Å². The number of nitrogens with one attached hydrogen (secondary N) is 1. The molecule has 4 heteroatoms. The Balaban J connectivity index is 1.99. The third kappa shape index (κ3) is 4.58. The number of amides is 1. The fraction of sp³-hybridized carbons (Fsp3) is 0.900. The van der Waals surface area contributed by atoms with Crippen molar-refractivity contribution in [1.82, 2.24) is 10.2 Å². The van der Waals surface area contributed by atoms with E-state index in [1.165, 1.54) is 32.4 Å². The van der Waals surface area contributed by atoms with Gasteiger partial charge in [-0.3, -0.25) is 4.79 Å². The minimum atomic E-state index is -0.270. The van der Waals surface area contributed by atoms with E-state index in [1.54, 1.807) is 0 Å². The number of carbonyl (C=O) groups excluding carboxylic acids is 1. The van der Waals surface area contributed by atoms with Crippen LogP contribution in [0.2, 0.25) is 0 Å². The Morgan fingerprint density at radius 3 is 2.71 bits per heavy atom. The van der Waals surface area contributed by atoms with Gasteiger partial charge in [-0.25, -0.2) is 0 Å². The number of nitrogens with two attached hydrogens (primary N) is 1. The predicted octanol–water partition coefficient (Wildman–Crippen LogP) is -0.207. The number of hydrogen-bond acceptors (Lipinski definition) is 3. The SMILES string of the molecule is CN1CCC(CCNCC(N)=O)CC1. The Morgan fingerprint density at radius 1 is 1.50 bits per heavy atom. The Bertz CT molecular complexity index is 176. The molecule has 1 rings (SSSR count). The van der Waals surface area contributed by atoms with Crippen LogP contribution < -0.4 is 11.1 Å². The summed E-state index contributed by atoms with van der Waals surface area (Å²) in [5.74, 6) is 0.556. The minimum Gasteiger partial charge on any atom is -0.369 e. The van der Waals surface area contributed by atoms with Crippen LogP contribution in [-0.4, -0.2) is 44.0 Å². The highest BCUT2D eigenvalue weighted by Crippen LogP contribution is 2.18. The van der Waals surface area contributed by atoms with Crippen LogP contribution in [0.25, 0.3) is 0 Å². The molecule has 0 aliphatic carbocycles. The molecule has 0 radical (unpaired) electrons. The molecule has 1 aliphatic heterocycles. The van der Waals surface area contributed by atoms with Crippen LogP contribution in [0, 0.1) is 5.92 Å². The molecule has 0 aromatic carbocycles. The molecule has 3 N–H and O–H groups in total. The van der Waals surface area contributed by atoms with Crippen molar-refractivity contribution in [3.05, 3.63) is 0 Å². The molecule has 1 amide bonds. The van der Waals surface area contributed by atoms with Gasteiger partial charge in [0.25, 0.3) is 0 Å². The second kappa shape index (κ2) is 5.98. The van der Waals surface area contributed by atoms with Crippen LogP contribution in [0.5, 0.6) is 0 Å². The van der Waals surface area contributed by atoms with Crippen molar-refractivity contribution < 1.29 is 4.79 Å². The number of hydrogen-bond donors (Lipinski definition) is 2. The second-order valence-electron chi connectivity index (χ2n) is 4.18. The molecule has 0 bridgehead atoms. The molecule has 0 unspecified atom stereocenters. The van der Waals surface area contributed by atoms with Crippen molar-refractivity contribution in [3.63, 3.8) is 0 Å². The summed E-state index contributed by atoms with van der Waals surface area (Å²) in [7, 11) is 2.17. The molecule has 1 saturated heterocycles.